The third-order valence-corrected chi connectivity index (χ3v) is 2.53. The number of ether oxygens (including phenoxy) is 1. The normalized spacial score (nSPS) is 22.4. The smallest absolute Gasteiger partial charge is 0.306 e. The molecule has 0 aromatic heterocycles. The van der Waals surface area contributed by atoms with Gasteiger partial charge in [-0.1, -0.05) is 26.7 Å². The van der Waals surface area contributed by atoms with E-state index in [9.17, 15) is 4.79 Å². The van der Waals surface area contributed by atoms with Crippen molar-refractivity contribution >= 4 is 5.97 Å². The maximum absolute atomic E-state index is 10.8. The molecule has 0 aromatic rings. The number of esters is 1. The van der Waals surface area contributed by atoms with Gasteiger partial charge in [0.15, 0.2) is 0 Å². The van der Waals surface area contributed by atoms with Gasteiger partial charge in [-0.05, 0) is 25.2 Å². The second-order valence-corrected chi connectivity index (χ2v) is 4.33. The highest BCUT2D eigenvalue weighted by Crippen LogP contribution is 2.20. The molecule has 0 unspecified atom stereocenters. The van der Waals surface area contributed by atoms with Crippen LogP contribution in [0.3, 0.4) is 0 Å². The maximum atomic E-state index is 10.8. The Labute approximate surface area is 80.7 Å². The van der Waals surface area contributed by atoms with E-state index < -0.39 is 0 Å². The third-order valence-electron chi connectivity index (χ3n) is 2.53. The van der Waals surface area contributed by atoms with Crippen molar-refractivity contribution in [3.8, 4) is 0 Å². The molecule has 0 N–H and O–H groups in total. The lowest BCUT2D eigenvalue weighted by atomic mass is 10.0. The van der Waals surface area contributed by atoms with Gasteiger partial charge in [0.2, 0.25) is 0 Å². The zero-order valence-corrected chi connectivity index (χ0v) is 8.71. The first kappa shape index (κ1) is 10.6. The van der Waals surface area contributed by atoms with Crippen molar-refractivity contribution in [1.29, 1.82) is 0 Å². The molecular weight excluding hydrogens is 164 g/mol. The van der Waals surface area contributed by atoms with Crippen molar-refractivity contribution in [2.24, 2.45) is 5.92 Å². The molecule has 1 aliphatic rings. The summed E-state index contributed by atoms with van der Waals surface area (Å²) >= 11 is 0. The van der Waals surface area contributed by atoms with E-state index in [0.29, 0.717) is 6.42 Å². The maximum Gasteiger partial charge on any atom is 0.306 e. The van der Waals surface area contributed by atoms with E-state index in [2.05, 4.69) is 13.8 Å². The van der Waals surface area contributed by atoms with Crippen molar-refractivity contribution in [2.45, 2.75) is 58.5 Å². The summed E-state index contributed by atoms with van der Waals surface area (Å²) in [5.41, 5.74) is 0. The summed E-state index contributed by atoms with van der Waals surface area (Å²) in [6, 6.07) is 0. The lowest BCUT2D eigenvalue weighted by Gasteiger charge is -2.09. The van der Waals surface area contributed by atoms with Gasteiger partial charge in [-0.25, -0.2) is 0 Å². The van der Waals surface area contributed by atoms with Crippen LogP contribution in [0.4, 0.5) is 0 Å². The second-order valence-electron chi connectivity index (χ2n) is 4.33. The number of rotatable bonds is 5. The molecule has 0 aliphatic carbocycles. The molecule has 2 heteroatoms. The van der Waals surface area contributed by atoms with Crippen LogP contribution >= 0.6 is 0 Å². The van der Waals surface area contributed by atoms with Crippen molar-refractivity contribution in [3.63, 3.8) is 0 Å². The fourth-order valence-electron chi connectivity index (χ4n) is 1.71. The fourth-order valence-corrected chi connectivity index (χ4v) is 1.71. The highest BCUT2D eigenvalue weighted by atomic mass is 16.5. The van der Waals surface area contributed by atoms with Crippen LogP contribution in [-0.4, -0.2) is 12.1 Å². The molecule has 1 fully saturated rings. The monoisotopic (exact) mass is 184 g/mol. The van der Waals surface area contributed by atoms with Crippen LogP contribution in [0.25, 0.3) is 0 Å². The summed E-state index contributed by atoms with van der Waals surface area (Å²) in [7, 11) is 0. The summed E-state index contributed by atoms with van der Waals surface area (Å²) < 4.78 is 5.13. The van der Waals surface area contributed by atoms with Crippen LogP contribution in [0, 0.1) is 5.92 Å². The van der Waals surface area contributed by atoms with Crippen molar-refractivity contribution in [3.05, 3.63) is 0 Å². The number of hydrogen-bond donors (Lipinski definition) is 0. The molecule has 0 bridgehead atoms. The molecule has 2 nitrogen and oxygen atoms in total. The Kier molecular flexibility index (Phi) is 4.26. The minimum Gasteiger partial charge on any atom is -0.462 e. The molecule has 0 spiro atoms. The van der Waals surface area contributed by atoms with Crippen LogP contribution in [0.5, 0.6) is 0 Å². The quantitative estimate of drug-likeness (QED) is 0.485. The zero-order valence-electron chi connectivity index (χ0n) is 8.71. The molecule has 0 aromatic carbocycles. The number of hydrogen-bond acceptors (Lipinski definition) is 2. The Morgan fingerprint density at radius 2 is 2.23 bits per heavy atom. The first-order valence-electron chi connectivity index (χ1n) is 5.38. The Hall–Kier alpha value is -0.530. The lowest BCUT2D eigenvalue weighted by molar-refractivity contribution is -0.141. The van der Waals surface area contributed by atoms with Gasteiger partial charge in [0, 0.05) is 6.42 Å². The van der Waals surface area contributed by atoms with Crippen LogP contribution in [-0.2, 0) is 9.53 Å². The van der Waals surface area contributed by atoms with Crippen molar-refractivity contribution < 1.29 is 9.53 Å². The molecule has 1 atom stereocenters. The average molecular weight is 184 g/mol. The van der Waals surface area contributed by atoms with Crippen LogP contribution < -0.4 is 0 Å². The van der Waals surface area contributed by atoms with Crippen molar-refractivity contribution in [1.82, 2.24) is 0 Å². The molecule has 13 heavy (non-hydrogen) atoms. The summed E-state index contributed by atoms with van der Waals surface area (Å²) in [5, 5.41) is 0. The van der Waals surface area contributed by atoms with Gasteiger partial charge in [0.1, 0.15) is 6.10 Å². The van der Waals surface area contributed by atoms with Crippen LogP contribution in [0.15, 0.2) is 0 Å². The highest BCUT2D eigenvalue weighted by molar-refractivity contribution is 5.71. The summed E-state index contributed by atoms with van der Waals surface area (Å²) in [5.74, 6) is 0.792. The number of carbonyl (C=O) groups excluding carboxylic acids is 1. The van der Waals surface area contributed by atoms with Gasteiger partial charge in [-0.3, -0.25) is 4.79 Å². The van der Waals surface area contributed by atoms with E-state index >= 15 is 0 Å². The Morgan fingerprint density at radius 3 is 2.77 bits per heavy atom. The average Bonchev–Trinajstić information content (AvgIpc) is 2.45. The Morgan fingerprint density at radius 1 is 1.46 bits per heavy atom. The van der Waals surface area contributed by atoms with E-state index in [1.165, 1.54) is 19.3 Å². The second kappa shape index (κ2) is 5.25. The number of cyclic esters (lactones) is 1. The molecule has 1 aliphatic heterocycles. The molecule has 1 heterocycles. The third kappa shape index (κ3) is 4.30. The minimum absolute atomic E-state index is 0.00569. The van der Waals surface area contributed by atoms with Gasteiger partial charge in [-0.2, -0.15) is 0 Å². The largest absolute Gasteiger partial charge is 0.462 e. The summed E-state index contributed by atoms with van der Waals surface area (Å²) in [4.78, 5) is 10.8. The predicted molar refractivity (Wildman–Crippen MR) is 52.4 cm³/mol. The standard InChI is InChI=1S/C11H20O2/c1-9(2)5-3-4-6-10-7-8-11(12)13-10/h9-10H,3-8H2,1-2H3/t10-/m0/s1. The topological polar surface area (TPSA) is 26.3 Å². The van der Waals surface area contributed by atoms with E-state index in [4.69, 9.17) is 4.74 Å². The number of carbonyl (C=O) groups is 1. The van der Waals surface area contributed by atoms with E-state index in [0.717, 1.165) is 18.8 Å². The number of unbranched alkanes of at least 4 members (excludes halogenated alkanes) is 1. The molecule has 76 valence electrons. The first-order chi connectivity index (χ1) is 6.18. The summed E-state index contributed by atoms with van der Waals surface area (Å²) in [6.45, 7) is 4.49. The van der Waals surface area contributed by atoms with Gasteiger partial charge in [0.25, 0.3) is 0 Å². The van der Waals surface area contributed by atoms with Gasteiger partial charge < -0.3 is 4.74 Å². The Bertz CT molecular complexity index is 163. The van der Waals surface area contributed by atoms with E-state index in [1.807, 2.05) is 0 Å². The minimum atomic E-state index is -0.00569. The molecule has 1 saturated heterocycles. The first-order valence-corrected chi connectivity index (χ1v) is 5.38. The predicted octanol–water partition coefficient (Wildman–Crippen LogP) is 2.91. The van der Waals surface area contributed by atoms with Crippen LogP contribution in [0.2, 0.25) is 0 Å². The molecule has 0 saturated carbocycles. The highest BCUT2D eigenvalue weighted by Gasteiger charge is 2.22. The lowest BCUT2D eigenvalue weighted by Crippen LogP contribution is -2.06. The summed E-state index contributed by atoms with van der Waals surface area (Å²) in [6.07, 6.45) is 6.65. The SMILES string of the molecule is CC(C)CCCC[C@H]1CCC(=O)O1. The van der Waals surface area contributed by atoms with E-state index in [1.54, 1.807) is 0 Å². The zero-order chi connectivity index (χ0) is 9.68. The molecule has 0 radical (unpaired) electrons. The Balaban J connectivity index is 1.97. The van der Waals surface area contributed by atoms with Crippen molar-refractivity contribution in [2.75, 3.05) is 0 Å². The fraction of sp³-hybridized carbons (Fsp3) is 0.909. The molecular formula is C11H20O2. The molecule has 0 amide bonds. The van der Waals surface area contributed by atoms with Crippen LogP contribution in [0.1, 0.15) is 52.4 Å². The van der Waals surface area contributed by atoms with Gasteiger partial charge in [-0.15, -0.1) is 0 Å². The van der Waals surface area contributed by atoms with Gasteiger partial charge >= 0.3 is 5.97 Å². The van der Waals surface area contributed by atoms with E-state index in [-0.39, 0.29) is 12.1 Å². The van der Waals surface area contributed by atoms with Gasteiger partial charge in [0.05, 0.1) is 0 Å². The molecule has 1 rings (SSSR count).